The van der Waals surface area contributed by atoms with Crippen LogP contribution in [0.15, 0.2) is 6.07 Å². The lowest BCUT2D eigenvalue weighted by molar-refractivity contribution is 0.0898. The molecule has 0 saturated carbocycles. The van der Waals surface area contributed by atoms with Crippen LogP contribution in [0.5, 0.6) is 0 Å². The molecule has 0 fully saturated rings. The predicted molar refractivity (Wildman–Crippen MR) is 52.5 cm³/mol. The molecule has 80 valence electrons. The zero-order valence-electron chi connectivity index (χ0n) is 8.57. The van der Waals surface area contributed by atoms with Gasteiger partial charge in [0.05, 0.1) is 6.54 Å². The summed E-state index contributed by atoms with van der Waals surface area (Å²) in [7, 11) is 1.53. The minimum atomic E-state index is -0.280. The maximum atomic E-state index is 11.5. The summed E-state index contributed by atoms with van der Waals surface area (Å²) in [6.45, 7) is 2.49. The van der Waals surface area contributed by atoms with E-state index >= 15 is 0 Å². The molecule has 1 aromatic rings. The minimum absolute atomic E-state index is 0.0439. The second-order valence-corrected chi connectivity index (χ2v) is 3.55. The molecule has 0 saturated heterocycles. The van der Waals surface area contributed by atoms with Crippen molar-refractivity contribution in [2.24, 2.45) is 0 Å². The zero-order chi connectivity index (χ0) is 11.0. The zero-order valence-corrected chi connectivity index (χ0v) is 8.57. The van der Waals surface area contributed by atoms with Crippen LogP contribution in [-0.4, -0.2) is 34.7 Å². The summed E-state index contributed by atoms with van der Waals surface area (Å²) in [5.41, 5.74) is 0.712. The van der Waals surface area contributed by atoms with Crippen molar-refractivity contribution in [1.82, 2.24) is 20.4 Å². The molecule has 2 rings (SSSR count). The van der Waals surface area contributed by atoms with E-state index in [0.29, 0.717) is 12.2 Å². The molecule has 0 aliphatic carbocycles. The molecule has 0 aromatic carbocycles. The molecular formula is C9H12N4O2. The van der Waals surface area contributed by atoms with E-state index in [0.717, 1.165) is 0 Å². The molecule has 1 aromatic heterocycles. The van der Waals surface area contributed by atoms with Gasteiger partial charge in [-0.2, -0.15) is 5.10 Å². The first-order chi connectivity index (χ1) is 7.11. The van der Waals surface area contributed by atoms with Gasteiger partial charge in [-0.05, 0) is 6.92 Å². The van der Waals surface area contributed by atoms with Crippen LogP contribution in [-0.2, 0) is 6.54 Å². The van der Waals surface area contributed by atoms with Crippen LogP contribution in [0.2, 0.25) is 0 Å². The second-order valence-electron chi connectivity index (χ2n) is 3.55. The van der Waals surface area contributed by atoms with Gasteiger partial charge in [0, 0.05) is 19.2 Å². The Hall–Kier alpha value is -1.85. The standard InChI is InChI=1S/C9H12N4O2/c1-5-4-13-7(9(15)11-5)3-6(12-13)8(14)10-2/h3,5H,4H2,1-2H3,(H,10,14)(H,11,15). The smallest absolute Gasteiger partial charge is 0.271 e. The van der Waals surface area contributed by atoms with E-state index in [1.807, 2.05) is 6.92 Å². The number of aromatic nitrogens is 2. The Kier molecular flexibility index (Phi) is 2.18. The Bertz CT molecular complexity index is 424. The number of hydrogen-bond acceptors (Lipinski definition) is 3. The Labute approximate surface area is 86.6 Å². The van der Waals surface area contributed by atoms with Gasteiger partial charge >= 0.3 is 0 Å². The monoisotopic (exact) mass is 208 g/mol. The highest BCUT2D eigenvalue weighted by molar-refractivity contribution is 5.98. The minimum Gasteiger partial charge on any atom is -0.354 e. The van der Waals surface area contributed by atoms with Crippen molar-refractivity contribution in [2.45, 2.75) is 19.5 Å². The van der Waals surface area contributed by atoms with Gasteiger partial charge in [0.15, 0.2) is 5.69 Å². The molecule has 6 heteroatoms. The lowest BCUT2D eigenvalue weighted by Gasteiger charge is -2.20. The van der Waals surface area contributed by atoms with Crippen LogP contribution < -0.4 is 10.6 Å². The lowest BCUT2D eigenvalue weighted by Crippen LogP contribution is -2.42. The Morgan fingerprint density at radius 3 is 3.13 bits per heavy atom. The van der Waals surface area contributed by atoms with Crippen LogP contribution in [0.25, 0.3) is 0 Å². The van der Waals surface area contributed by atoms with Crippen molar-refractivity contribution in [2.75, 3.05) is 7.05 Å². The molecule has 15 heavy (non-hydrogen) atoms. The molecule has 1 atom stereocenters. The van der Waals surface area contributed by atoms with Crippen molar-refractivity contribution in [3.8, 4) is 0 Å². The van der Waals surface area contributed by atoms with Crippen LogP contribution in [0.1, 0.15) is 27.9 Å². The van der Waals surface area contributed by atoms with Crippen LogP contribution >= 0.6 is 0 Å². The van der Waals surface area contributed by atoms with Gasteiger partial charge in [0.25, 0.3) is 11.8 Å². The Morgan fingerprint density at radius 2 is 2.47 bits per heavy atom. The molecule has 0 spiro atoms. The number of carbonyl (C=O) groups is 2. The molecule has 1 unspecified atom stereocenters. The molecule has 2 amide bonds. The number of nitrogens with zero attached hydrogens (tertiary/aromatic N) is 2. The van der Waals surface area contributed by atoms with Gasteiger partial charge in [-0.3, -0.25) is 14.3 Å². The fourth-order valence-electron chi connectivity index (χ4n) is 1.58. The fourth-order valence-corrected chi connectivity index (χ4v) is 1.58. The highest BCUT2D eigenvalue weighted by Crippen LogP contribution is 2.10. The van der Waals surface area contributed by atoms with Gasteiger partial charge in [0.1, 0.15) is 5.69 Å². The van der Waals surface area contributed by atoms with Crippen molar-refractivity contribution >= 4 is 11.8 Å². The quantitative estimate of drug-likeness (QED) is 0.645. The topological polar surface area (TPSA) is 76.0 Å². The predicted octanol–water partition coefficient (Wildman–Crippen LogP) is -0.625. The third-order valence-electron chi connectivity index (χ3n) is 2.30. The average Bonchev–Trinajstić information content (AvgIpc) is 2.60. The molecule has 0 bridgehead atoms. The molecule has 6 nitrogen and oxygen atoms in total. The molecule has 0 radical (unpaired) electrons. The van der Waals surface area contributed by atoms with Crippen molar-refractivity contribution in [3.63, 3.8) is 0 Å². The Morgan fingerprint density at radius 1 is 1.73 bits per heavy atom. The van der Waals surface area contributed by atoms with Gasteiger partial charge in [-0.15, -0.1) is 0 Å². The number of hydrogen-bond donors (Lipinski definition) is 2. The summed E-state index contributed by atoms with van der Waals surface area (Å²) in [5.74, 6) is -0.464. The summed E-state index contributed by atoms with van der Waals surface area (Å²) >= 11 is 0. The van der Waals surface area contributed by atoms with Crippen LogP contribution in [0.4, 0.5) is 0 Å². The van der Waals surface area contributed by atoms with Gasteiger partial charge in [-0.1, -0.05) is 0 Å². The molecular weight excluding hydrogens is 196 g/mol. The summed E-state index contributed by atoms with van der Waals surface area (Å²) in [6, 6.07) is 1.54. The highest BCUT2D eigenvalue weighted by atomic mass is 16.2. The van der Waals surface area contributed by atoms with Gasteiger partial charge in [0.2, 0.25) is 0 Å². The normalized spacial score (nSPS) is 19.3. The second kappa shape index (κ2) is 3.38. The van der Waals surface area contributed by atoms with Crippen molar-refractivity contribution in [3.05, 3.63) is 17.5 Å². The summed E-state index contributed by atoms with van der Waals surface area (Å²) in [6.07, 6.45) is 0. The van der Waals surface area contributed by atoms with Crippen molar-refractivity contribution < 1.29 is 9.59 Å². The first-order valence-electron chi connectivity index (χ1n) is 4.72. The molecule has 1 aliphatic heterocycles. The highest BCUT2D eigenvalue weighted by Gasteiger charge is 2.24. The number of fused-ring (bicyclic) bond motifs is 1. The van der Waals surface area contributed by atoms with Gasteiger partial charge in [-0.25, -0.2) is 0 Å². The summed E-state index contributed by atoms with van der Waals surface area (Å²) in [4.78, 5) is 22.8. The van der Waals surface area contributed by atoms with E-state index in [1.54, 1.807) is 4.68 Å². The SMILES string of the molecule is CNC(=O)c1cc2n(n1)CC(C)NC2=O. The maximum absolute atomic E-state index is 11.5. The van der Waals surface area contributed by atoms with E-state index in [1.165, 1.54) is 13.1 Å². The fraction of sp³-hybridized carbons (Fsp3) is 0.444. The first-order valence-corrected chi connectivity index (χ1v) is 4.72. The number of rotatable bonds is 1. The van der Waals surface area contributed by atoms with E-state index in [2.05, 4.69) is 15.7 Å². The van der Waals surface area contributed by atoms with E-state index in [-0.39, 0.29) is 23.6 Å². The number of amides is 2. The molecule has 1 aliphatic rings. The largest absolute Gasteiger partial charge is 0.354 e. The lowest BCUT2D eigenvalue weighted by atomic mass is 10.2. The Balaban J connectivity index is 2.39. The summed E-state index contributed by atoms with van der Waals surface area (Å²) in [5, 5.41) is 9.31. The third-order valence-corrected chi connectivity index (χ3v) is 2.30. The number of carbonyl (C=O) groups excluding carboxylic acids is 2. The van der Waals surface area contributed by atoms with Gasteiger partial charge < -0.3 is 10.6 Å². The van der Waals surface area contributed by atoms with Crippen LogP contribution in [0.3, 0.4) is 0 Å². The maximum Gasteiger partial charge on any atom is 0.271 e. The molecule has 2 heterocycles. The molecule has 2 N–H and O–H groups in total. The average molecular weight is 208 g/mol. The van der Waals surface area contributed by atoms with Crippen LogP contribution in [0, 0.1) is 0 Å². The third kappa shape index (κ3) is 1.58. The van der Waals surface area contributed by atoms with E-state index in [4.69, 9.17) is 0 Å². The van der Waals surface area contributed by atoms with E-state index < -0.39 is 0 Å². The summed E-state index contributed by atoms with van der Waals surface area (Å²) < 4.78 is 1.56. The first kappa shape index (κ1) is 9.70. The van der Waals surface area contributed by atoms with Crippen molar-refractivity contribution in [1.29, 1.82) is 0 Å². The number of nitrogens with one attached hydrogen (secondary N) is 2. The van der Waals surface area contributed by atoms with E-state index in [9.17, 15) is 9.59 Å².